The largest absolute Gasteiger partial charge is 0.369 e. The van der Waals surface area contributed by atoms with E-state index in [2.05, 4.69) is 0 Å². The lowest BCUT2D eigenvalue weighted by atomic mass is 10.2. The molecule has 3 heteroatoms. The van der Waals surface area contributed by atoms with Gasteiger partial charge in [0.05, 0.1) is 0 Å². The second-order valence-corrected chi connectivity index (χ2v) is 3.40. The molecule has 0 fully saturated rings. The summed E-state index contributed by atoms with van der Waals surface area (Å²) in [6.45, 7) is 2.01. The number of aryl methyl sites for hydroxylation is 1. The van der Waals surface area contributed by atoms with Crippen molar-refractivity contribution in [1.82, 2.24) is 0 Å². The van der Waals surface area contributed by atoms with Crippen LogP contribution in [-0.2, 0) is 9.53 Å². The van der Waals surface area contributed by atoms with Crippen LogP contribution >= 0.6 is 11.3 Å². The van der Waals surface area contributed by atoms with Crippen LogP contribution in [0.15, 0.2) is 11.4 Å². The lowest BCUT2D eigenvalue weighted by Crippen LogP contribution is -2.00. The van der Waals surface area contributed by atoms with Crippen LogP contribution in [0.25, 0.3) is 0 Å². The highest BCUT2D eigenvalue weighted by molar-refractivity contribution is 7.10. The zero-order chi connectivity index (χ0) is 8.27. The van der Waals surface area contributed by atoms with Crippen molar-refractivity contribution in [3.8, 4) is 0 Å². The topological polar surface area (TPSA) is 26.3 Å². The molecule has 0 radical (unpaired) electrons. The molecule has 11 heavy (non-hydrogen) atoms. The number of rotatable bonds is 3. The molecule has 0 aliphatic carbocycles. The van der Waals surface area contributed by atoms with Crippen LogP contribution < -0.4 is 0 Å². The Morgan fingerprint density at radius 3 is 2.82 bits per heavy atom. The van der Waals surface area contributed by atoms with E-state index in [1.165, 1.54) is 12.0 Å². The van der Waals surface area contributed by atoms with Crippen molar-refractivity contribution < 1.29 is 9.53 Å². The lowest BCUT2D eigenvalue weighted by Gasteiger charge is -2.03. The number of carbonyl (C=O) groups excluding carboxylic acids is 1. The Morgan fingerprint density at radius 1 is 1.73 bits per heavy atom. The summed E-state index contributed by atoms with van der Waals surface area (Å²) in [5.74, 6) is 0. The molecular formula is C8H10O2S. The standard InChI is InChI=1S/C8H10O2S/c1-6-3-7(5-11-6)8(4-9)10-2/h3-5,8H,1-2H3. The number of aldehydes is 1. The predicted molar refractivity (Wildman–Crippen MR) is 44.9 cm³/mol. The number of carbonyl (C=O) groups is 1. The number of ether oxygens (including phenoxy) is 1. The van der Waals surface area contributed by atoms with E-state index in [0.717, 1.165) is 11.8 Å². The smallest absolute Gasteiger partial charge is 0.153 e. The third-order valence-electron chi connectivity index (χ3n) is 1.46. The molecule has 0 aliphatic heterocycles. The van der Waals surface area contributed by atoms with Crippen LogP contribution in [0.2, 0.25) is 0 Å². The average molecular weight is 170 g/mol. The van der Waals surface area contributed by atoms with Crippen LogP contribution in [0.3, 0.4) is 0 Å². The first-order valence-corrected chi connectivity index (χ1v) is 4.19. The molecule has 0 spiro atoms. The Labute approximate surface area is 69.8 Å². The summed E-state index contributed by atoms with van der Waals surface area (Å²) in [4.78, 5) is 11.6. The first-order chi connectivity index (χ1) is 5.27. The average Bonchev–Trinajstić information content (AvgIpc) is 2.39. The first-order valence-electron chi connectivity index (χ1n) is 3.31. The van der Waals surface area contributed by atoms with Gasteiger partial charge in [0, 0.05) is 12.0 Å². The summed E-state index contributed by atoms with van der Waals surface area (Å²) < 4.78 is 4.94. The van der Waals surface area contributed by atoms with Crippen molar-refractivity contribution in [3.05, 3.63) is 21.9 Å². The molecule has 1 atom stereocenters. The fraction of sp³-hybridized carbons (Fsp3) is 0.375. The predicted octanol–water partition coefficient (Wildman–Crippen LogP) is 1.94. The second kappa shape index (κ2) is 3.64. The highest BCUT2D eigenvalue weighted by atomic mass is 32.1. The molecule has 0 aliphatic rings. The van der Waals surface area contributed by atoms with Crippen molar-refractivity contribution in [2.75, 3.05) is 7.11 Å². The third kappa shape index (κ3) is 1.88. The number of hydrogen-bond donors (Lipinski definition) is 0. The molecule has 1 heterocycles. The van der Waals surface area contributed by atoms with Crippen molar-refractivity contribution in [1.29, 1.82) is 0 Å². The van der Waals surface area contributed by atoms with Gasteiger partial charge in [0.1, 0.15) is 6.10 Å². The Hall–Kier alpha value is -0.670. The zero-order valence-corrected chi connectivity index (χ0v) is 7.35. The minimum absolute atomic E-state index is 0.389. The SMILES string of the molecule is COC(C=O)c1csc(C)c1. The summed E-state index contributed by atoms with van der Waals surface area (Å²) in [5.41, 5.74) is 0.949. The molecule has 0 saturated carbocycles. The van der Waals surface area contributed by atoms with Gasteiger partial charge in [0.15, 0.2) is 6.29 Å². The van der Waals surface area contributed by atoms with Gasteiger partial charge in [0.2, 0.25) is 0 Å². The van der Waals surface area contributed by atoms with Crippen molar-refractivity contribution in [2.45, 2.75) is 13.0 Å². The molecule has 1 aromatic rings. The second-order valence-electron chi connectivity index (χ2n) is 2.28. The quantitative estimate of drug-likeness (QED) is 0.648. The monoisotopic (exact) mass is 170 g/mol. The Bertz CT molecular complexity index is 242. The normalized spacial score (nSPS) is 12.9. The number of thiophene rings is 1. The van der Waals surface area contributed by atoms with E-state index in [0.29, 0.717) is 0 Å². The maximum atomic E-state index is 10.4. The molecule has 1 rings (SSSR count). The van der Waals surface area contributed by atoms with Crippen molar-refractivity contribution >= 4 is 17.6 Å². The molecule has 0 saturated heterocycles. The van der Waals surface area contributed by atoms with E-state index in [4.69, 9.17) is 4.74 Å². The van der Waals surface area contributed by atoms with E-state index in [-0.39, 0.29) is 6.10 Å². The molecule has 2 nitrogen and oxygen atoms in total. The van der Waals surface area contributed by atoms with Gasteiger partial charge in [0.25, 0.3) is 0 Å². The van der Waals surface area contributed by atoms with E-state index in [1.54, 1.807) is 11.3 Å². The highest BCUT2D eigenvalue weighted by Crippen LogP contribution is 2.20. The van der Waals surface area contributed by atoms with Crippen LogP contribution in [0.1, 0.15) is 16.5 Å². The van der Waals surface area contributed by atoms with Gasteiger partial charge in [-0.3, -0.25) is 0 Å². The summed E-state index contributed by atoms with van der Waals surface area (Å²) in [7, 11) is 1.53. The maximum absolute atomic E-state index is 10.4. The van der Waals surface area contributed by atoms with Gasteiger partial charge < -0.3 is 9.53 Å². The summed E-state index contributed by atoms with van der Waals surface area (Å²) in [5, 5.41) is 1.94. The molecule has 60 valence electrons. The molecule has 1 unspecified atom stereocenters. The van der Waals surface area contributed by atoms with Gasteiger partial charge in [-0.1, -0.05) is 0 Å². The Morgan fingerprint density at radius 2 is 2.45 bits per heavy atom. The van der Waals surface area contributed by atoms with E-state index in [9.17, 15) is 4.79 Å². The summed E-state index contributed by atoms with van der Waals surface area (Å²) in [6, 6.07) is 1.97. The number of methoxy groups -OCH3 is 1. The Balaban J connectivity index is 2.81. The number of hydrogen-bond acceptors (Lipinski definition) is 3. The van der Waals surface area contributed by atoms with E-state index in [1.807, 2.05) is 18.4 Å². The van der Waals surface area contributed by atoms with Crippen molar-refractivity contribution in [2.24, 2.45) is 0 Å². The molecular weight excluding hydrogens is 160 g/mol. The fourth-order valence-corrected chi connectivity index (χ4v) is 1.61. The first kappa shape index (κ1) is 8.43. The third-order valence-corrected chi connectivity index (χ3v) is 2.34. The molecule has 0 bridgehead atoms. The lowest BCUT2D eigenvalue weighted by molar-refractivity contribution is -0.116. The molecule has 0 N–H and O–H groups in total. The zero-order valence-electron chi connectivity index (χ0n) is 6.53. The molecule has 0 aromatic carbocycles. The van der Waals surface area contributed by atoms with Gasteiger partial charge in [-0.2, -0.15) is 0 Å². The van der Waals surface area contributed by atoms with Crippen LogP contribution in [-0.4, -0.2) is 13.4 Å². The van der Waals surface area contributed by atoms with Gasteiger partial charge in [-0.25, -0.2) is 0 Å². The molecule has 1 aromatic heterocycles. The minimum Gasteiger partial charge on any atom is -0.369 e. The van der Waals surface area contributed by atoms with Crippen LogP contribution in [0.5, 0.6) is 0 Å². The van der Waals surface area contributed by atoms with E-state index >= 15 is 0 Å². The molecule has 0 amide bonds. The van der Waals surface area contributed by atoms with Gasteiger partial charge in [-0.15, -0.1) is 11.3 Å². The minimum atomic E-state index is -0.389. The fourth-order valence-electron chi connectivity index (χ4n) is 0.883. The van der Waals surface area contributed by atoms with Gasteiger partial charge >= 0.3 is 0 Å². The highest BCUT2D eigenvalue weighted by Gasteiger charge is 2.09. The summed E-state index contributed by atoms with van der Waals surface area (Å²) in [6.07, 6.45) is 0.418. The van der Waals surface area contributed by atoms with Gasteiger partial charge in [-0.05, 0) is 23.9 Å². The Kier molecular flexibility index (Phi) is 2.79. The maximum Gasteiger partial charge on any atom is 0.153 e. The van der Waals surface area contributed by atoms with Crippen LogP contribution in [0, 0.1) is 6.92 Å². The van der Waals surface area contributed by atoms with Crippen LogP contribution in [0.4, 0.5) is 0 Å². The van der Waals surface area contributed by atoms with Crippen molar-refractivity contribution in [3.63, 3.8) is 0 Å². The summed E-state index contributed by atoms with van der Waals surface area (Å²) >= 11 is 1.62. The van der Waals surface area contributed by atoms with E-state index < -0.39 is 0 Å².